The van der Waals surface area contributed by atoms with Crippen LogP contribution in [0.15, 0.2) is 30.3 Å². The van der Waals surface area contributed by atoms with Gasteiger partial charge in [0.1, 0.15) is 11.5 Å². The van der Waals surface area contributed by atoms with Crippen molar-refractivity contribution in [2.45, 2.75) is 38.2 Å². The number of hydrogen-bond acceptors (Lipinski definition) is 2. The van der Waals surface area contributed by atoms with Crippen molar-refractivity contribution in [1.29, 1.82) is 0 Å². The molecule has 2 aromatic rings. The van der Waals surface area contributed by atoms with Crippen LogP contribution in [-0.2, 0) is 17.8 Å². The van der Waals surface area contributed by atoms with Crippen LogP contribution in [0.25, 0.3) is 0 Å². The third kappa shape index (κ3) is 4.21. The van der Waals surface area contributed by atoms with E-state index in [2.05, 4.69) is 5.32 Å². The molecule has 1 saturated carbocycles. The van der Waals surface area contributed by atoms with Crippen LogP contribution in [0.3, 0.4) is 0 Å². The van der Waals surface area contributed by atoms with Crippen LogP contribution < -0.4 is 10.2 Å². The van der Waals surface area contributed by atoms with E-state index in [0.29, 0.717) is 25.2 Å². The minimum absolute atomic E-state index is 0.199. The second-order valence-corrected chi connectivity index (χ2v) is 7.75. The Labute approximate surface area is 164 Å². The lowest BCUT2D eigenvalue weighted by Crippen LogP contribution is -2.37. The molecule has 2 aliphatic rings. The van der Waals surface area contributed by atoms with Crippen LogP contribution in [-0.4, -0.2) is 18.4 Å². The maximum atomic E-state index is 14.5. The van der Waals surface area contributed by atoms with Crippen molar-refractivity contribution in [2.24, 2.45) is 5.92 Å². The summed E-state index contributed by atoms with van der Waals surface area (Å²) in [6.07, 6.45) is -0.425. The van der Waals surface area contributed by atoms with E-state index in [-0.39, 0.29) is 25.1 Å². The second kappa shape index (κ2) is 7.31. The summed E-state index contributed by atoms with van der Waals surface area (Å²) in [6, 6.07) is 6.72. The topological polar surface area (TPSA) is 32.3 Å². The number of amides is 1. The summed E-state index contributed by atoms with van der Waals surface area (Å²) in [4.78, 5) is 13.7. The third-order valence-electron chi connectivity index (χ3n) is 5.49. The second-order valence-electron chi connectivity index (χ2n) is 7.75. The molecule has 1 aliphatic heterocycles. The zero-order valence-corrected chi connectivity index (χ0v) is 15.5. The molecule has 29 heavy (non-hydrogen) atoms. The molecular formula is C21H19F5N2O. The average molecular weight is 410 g/mol. The van der Waals surface area contributed by atoms with Gasteiger partial charge >= 0.3 is 0 Å². The van der Waals surface area contributed by atoms with Gasteiger partial charge in [-0.1, -0.05) is 6.07 Å². The number of nitrogens with zero attached hydrogens (tertiary/aromatic N) is 1. The highest BCUT2D eigenvalue weighted by molar-refractivity contribution is 5.91. The van der Waals surface area contributed by atoms with Gasteiger partial charge in [0, 0.05) is 38.0 Å². The van der Waals surface area contributed by atoms with Crippen LogP contribution in [0.1, 0.15) is 30.4 Å². The highest BCUT2D eigenvalue weighted by Gasteiger charge is 2.45. The molecule has 0 saturated heterocycles. The molecule has 0 bridgehead atoms. The van der Waals surface area contributed by atoms with Gasteiger partial charge in [-0.15, -0.1) is 0 Å². The van der Waals surface area contributed by atoms with Crippen molar-refractivity contribution >= 4 is 17.3 Å². The first-order chi connectivity index (χ1) is 13.7. The number of rotatable bonds is 4. The fraction of sp³-hybridized carbons (Fsp3) is 0.381. The highest BCUT2D eigenvalue weighted by Crippen LogP contribution is 2.44. The van der Waals surface area contributed by atoms with E-state index in [4.69, 9.17) is 0 Å². The van der Waals surface area contributed by atoms with Crippen molar-refractivity contribution in [3.63, 3.8) is 0 Å². The summed E-state index contributed by atoms with van der Waals surface area (Å²) < 4.78 is 68.0. The Morgan fingerprint density at radius 3 is 2.41 bits per heavy atom. The number of carbonyl (C=O) groups excluding carboxylic acids is 1. The monoisotopic (exact) mass is 410 g/mol. The Hall–Kier alpha value is -2.64. The van der Waals surface area contributed by atoms with Gasteiger partial charge in [0.2, 0.25) is 11.8 Å². The molecule has 1 N–H and O–H groups in total. The number of carbonyl (C=O) groups is 1. The third-order valence-corrected chi connectivity index (χ3v) is 5.49. The predicted molar refractivity (Wildman–Crippen MR) is 98.4 cm³/mol. The average Bonchev–Trinajstić information content (AvgIpc) is 2.62. The Bertz CT molecular complexity index is 931. The van der Waals surface area contributed by atoms with Gasteiger partial charge in [-0.2, -0.15) is 0 Å². The lowest BCUT2D eigenvalue weighted by molar-refractivity contribution is -0.129. The van der Waals surface area contributed by atoms with Gasteiger partial charge in [-0.3, -0.25) is 4.79 Å². The van der Waals surface area contributed by atoms with Crippen LogP contribution in [0, 0.1) is 23.4 Å². The Morgan fingerprint density at radius 1 is 1.07 bits per heavy atom. The van der Waals surface area contributed by atoms with E-state index in [9.17, 15) is 26.7 Å². The number of benzene rings is 2. The van der Waals surface area contributed by atoms with E-state index in [1.807, 2.05) is 0 Å². The zero-order valence-electron chi connectivity index (χ0n) is 15.5. The Balaban J connectivity index is 1.45. The fourth-order valence-corrected chi connectivity index (χ4v) is 3.99. The van der Waals surface area contributed by atoms with Crippen LogP contribution >= 0.6 is 0 Å². The summed E-state index contributed by atoms with van der Waals surface area (Å²) >= 11 is 0. The molecule has 154 valence electrons. The maximum absolute atomic E-state index is 14.5. The molecule has 1 fully saturated rings. The molecule has 1 heterocycles. The highest BCUT2D eigenvalue weighted by atomic mass is 19.3. The molecular weight excluding hydrogens is 391 g/mol. The number of hydrogen-bond donors (Lipinski definition) is 1. The van der Waals surface area contributed by atoms with E-state index in [0.717, 1.165) is 23.3 Å². The van der Waals surface area contributed by atoms with Crippen LogP contribution in [0.2, 0.25) is 0 Å². The molecule has 0 unspecified atom stereocenters. The molecule has 2 aromatic carbocycles. The normalized spacial score (nSPS) is 18.2. The minimum Gasteiger partial charge on any atom is -0.367 e. The lowest BCUT2D eigenvalue weighted by atomic mass is 9.79. The smallest absolute Gasteiger partial charge is 0.248 e. The number of anilines is 2. The molecule has 4 rings (SSSR count). The molecule has 0 atom stereocenters. The summed E-state index contributed by atoms with van der Waals surface area (Å²) in [7, 11) is 0. The van der Waals surface area contributed by atoms with Crippen molar-refractivity contribution in [2.75, 3.05) is 16.8 Å². The van der Waals surface area contributed by atoms with Gasteiger partial charge in [0.05, 0.1) is 0 Å². The summed E-state index contributed by atoms with van der Waals surface area (Å²) in [6.45, 7) is 0.854. The van der Waals surface area contributed by atoms with Gasteiger partial charge < -0.3 is 10.2 Å². The van der Waals surface area contributed by atoms with E-state index in [1.165, 1.54) is 12.1 Å². The largest absolute Gasteiger partial charge is 0.367 e. The molecule has 8 heteroatoms. The minimum atomic E-state index is -2.75. The van der Waals surface area contributed by atoms with Gasteiger partial charge in [-0.25, -0.2) is 22.0 Å². The van der Waals surface area contributed by atoms with Gasteiger partial charge in [-0.05, 0) is 47.7 Å². The maximum Gasteiger partial charge on any atom is 0.248 e. The number of nitrogens with one attached hydrogen (secondary N) is 1. The quantitative estimate of drug-likeness (QED) is 0.717. The first-order valence-corrected chi connectivity index (χ1v) is 9.39. The standard InChI is InChI=1S/C21H19F5N2O/c22-15-2-1-14-11-28(4-3-13(14)6-15)16-7-17(23)20(18(24)8-16)27-19(29)5-12-9-21(25,26)10-12/h1-2,6-8,12H,3-5,9-11H2,(H,27,29). The van der Waals surface area contributed by atoms with Gasteiger partial charge in [0.25, 0.3) is 0 Å². The predicted octanol–water partition coefficient (Wildman–Crippen LogP) is 5.04. The molecule has 1 amide bonds. The van der Waals surface area contributed by atoms with Crippen LogP contribution in [0.4, 0.5) is 33.3 Å². The Kier molecular flexibility index (Phi) is 4.96. The van der Waals surface area contributed by atoms with Crippen molar-refractivity contribution in [3.8, 4) is 0 Å². The molecule has 0 aromatic heterocycles. The summed E-state index contributed by atoms with van der Waals surface area (Å²) in [5.41, 5.74) is 1.48. The van der Waals surface area contributed by atoms with Crippen molar-refractivity contribution in [1.82, 2.24) is 0 Å². The number of fused-ring (bicyclic) bond motifs is 1. The molecule has 0 radical (unpaired) electrons. The zero-order chi connectivity index (χ0) is 20.8. The van der Waals surface area contributed by atoms with Crippen molar-refractivity contribution < 1.29 is 26.7 Å². The van der Waals surface area contributed by atoms with E-state index in [1.54, 1.807) is 11.0 Å². The first-order valence-electron chi connectivity index (χ1n) is 9.39. The van der Waals surface area contributed by atoms with E-state index < -0.39 is 35.1 Å². The fourth-order valence-electron chi connectivity index (χ4n) is 3.99. The number of halogens is 5. The van der Waals surface area contributed by atoms with Crippen LogP contribution in [0.5, 0.6) is 0 Å². The first kappa shape index (κ1) is 19.7. The Morgan fingerprint density at radius 2 is 1.76 bits per heavy atom. The number of alkyl halides is 2. The molecule has 3 nitrogen and oxygen atoms in total. The molecule has 1 aliphatic carbocycles. The van der Waals surface area contributed by atoms with Gasteiger partial charge in [0.15, 0.2) is 11.6 Å². The van der Waals surface area contributed by atoms with Crippen molar-refractivity contribution in [3.05, 3.63) is 58.9 Å². The lowest BCUT2D eigenvalue weighted by Gasteiger charge is -2.34. The summed E-state index contributed by atoms with van der Waals surface area (Å²) in [5, 5.41) is 2.16. The van der Waals surface area contributed by atoms with E-state index >= 15 is 0 Å². The molecule has 0 spiro atoms. The SMILES string of the molecule is O=C(CC1CC(F)(F)C1)Nc1c(F)cc(N2CCc3cc(F)ccc3C2)cc1F. The summed E-state index contributed by atoms with van der Waals surface area (Å²) in [5.74, 6) is -6.10.